The number of pyridine rings is 1. The van der Waals surface area contributed by atoms with Crippen LogP contribution in [0.4, 0.5) is 5.82 Å². The Hall–Kier alpha value is -1.84. The van der Waals surface area contributed by atoms with Gasteiger partial charge in [0.25, 0.3) is 5.91 Å². The Kier molecular flexibility index (Phi) is 4.69. The third-order valence-corrected chi connectivity index (χ3v) is 2.41. The lowest BCUT2D eigenvalue weighted by Gasteiger charge is -2.15. The Labute approximate surface area is 104 Å². The van der Waals surface area contributed by atoms with Crippen molar-refractivity contribution in [1.29, 1.82) is 5.26 Å². The molecule has 0 unspecified atom stereocenters. The first-order valence-electron chi connectivity index (χ1n) is 4.85. The van der Waals surface area contributed by atoms with Crippen molar-refractivity contribution in [3.63, 3.8) is 0 Å². The van der Waals surface area contributed by atoms with Crippen molar-refractivity contribution >= 4 is 23.3 Å². The molecule has 6 nitrogen and oxygen atoms in total. The second-order valence-electron chi connectivity index (χ2n) is 3.31. The highest BCUT2D eigenvalue weighted by Crippen LogP contribution is 2.17. The van der Waals surface area contributed by atoms with Crippen LogP contribution in [0.3, 0.4) is 0 Å². The third-order valence-electron chi connectivity index (χ3n) is 2.10. The number of hydrogen-bond donors (Lipinski definition) is 2. The number of carbonyl (C=O) groups excluding carboxylic acids is 1. The Morgan fingerprint density at radius 1 is 1.71 bits per heavy atom. The summed E-state index contributed by atoms with van der Waals surface area (Å²) in [5.41, 5.74) is 2.45. The predicted octanol–water partition coefficient (Wildman–Crippen LogP) is 1.01. The summed E-state index contributed by atoms with van der Waals surface area (Å²) in [5, 5.41) is 8.70. The van der Waals surface area contributed by atoms with E-state index in [1.54, 1.807) is 13.1 Å². The highest BCUT2D eigenvalue weighted by atomic mass is 35.5. The standard InChI is InChI=1S/C10H12ClN5O/c1-16(6-2-5-12)10(17)9-7(11)3-4-8(14-9)15-13/h3-4H,2,6,13H2,1H3,(H,14,15). The second-order valence-corrected chi connectivity index (χ2v) is 3.71. The molecule has 0 fully saturated rings. The van der Waals surface area contributed by atoms with E-state index in [0.717, 1.165) is 0 Å². The van der Waals surface area contributed by atoms with E-state index >= 15 is 0 Å². The van der Waals surface area contributed by atoms with Crippen molar-refractivity contribution in [2.75, 3.05) is 19.0 Å². The van der Waals surface area contributed by atoms with Gasteiger partial charge < -0.3 is 10.3 Å². The van der Waals surface area contributed by atoms with Crippen LogP contribution >= 0.6 is 11.6 Å². The monoisotopic (exact) mass is 253 g/mol. The normalized spacial score (nSPS) is 9.53. The predicted molar refractivity (Wildman–Crippen MR) is 64.2 cm³/mol. The smallest absolute Gasteiger partial charge is 0.273 e. The van der Waals surface area contributed by atoms with Gasteiger partial charge in [-0.3, -0.25) is 4.79 Å². The van der Waals surface area contributed by atoms with Crippen molar-refractivity contribution in [1.82, 2.24) is 9.88 Å². The number of nitrogens with one attached hydrogen (secondary N) is 1. The summed E-state index contributed by atoms with van der Waals surface area (Å²) >= 11 is 5.88. The van der Waals surface area contributed by atoms with Gasteiger partial charge in [0.1, 0.15) is 11.5 Å². The number of rotatable bonds is 4. The molecule has 0 spiro atoms. The SMILES string of the molecule is CN(CCC#N)C(=O)c1nc(NN)ccc1Cl. The Bertz CT molecular complexity index is 456. The summed E-state index contributed by atoms with van der Waals surface area (Å²) in [6.07, 6.45) is 0.259. The minimum absolute atomic E-state index is 0.113. The van der Waals surface area contributed by atoms with Crippen LogP contribution in [0.15, 0.2) is 12.1 Å². The van der Waals surface area contributed by atoms with Gasteiger partial charge in [-0.15, -0.1) is 0 Å². The fraction of sp³-hybridized carbons (Fsp3) is 0.300. The number of nitrogen functional groups attached to an aromatic ring is 1. The Morgan fingerprint density at radius 2 is 2.41 bits per heavy atom. The highest BCUT2D eigenvalue weighted by Gasteiger charge is 2.17. The first-order chi connectivity index (χ1) is 8.10. The van der Waals surface area contributed by atoms with E-state index in [9.17, 15) is 4.79 Å². The van der Waals surface area contributed by atoms with Crippen LogP contribution in [0, 0.1) is 11.3 Å². The van der Waals surface area contributed by atoms with Gasteiger partial charge in [0.05, 0.1) is 17.5 Å². The molecule has 0 aliphatic carbocycles. The number of nitrogens with zero attached hydrogens (tertiary/aromatic N) is 3. The average Bonchev–Trinajstić information content (AvgIpc) is 2.35. The topological polar surface area (TPSA) is 95.0 Å². The van der Waals surface area contributed by atoms with Gasteiger partial charge in [0.15, 0.2) is 0 Å². The van der Waals surface area contributed by atoms with Crippen LogP contribution in [0.1, 0.15) is 16.9 Å². The molecule has 0 aromatic carbocycles. The molecule has 0 aliphatic rings. The summed E-state index contributed by atoms with van der Waals surface area (Å²) in [5.74, 6) is 5.21. The second kappa shape index (κ2) is 6.03. The molecule has 0 bridgehead atoms. The van der Waals surface area contributed by atoms with Crippen LogP contribution in [0.5, 0.6) is 0 Å². The van der Waals surface area contributed by atoms with E-state index < -0.39 is 0 Å². The zero-order valence-electron chi connectivity index (χ0n) is 9.27. The van der Waals surface area contributed by atoms with Gasteiger partial charge in [-0.1, -0.05) is 11.6 Å². The van der Waals surface area contributed by atoms with E-state index in [0.29, 0.717) is 12.4 Å². The molecule has 1 amide bonds. The Balaban J connectivity index is 2.91. The highest BCUT2D eigenvalue weighted by molar-refractivity contribution is 6.33. The minimum atomic E-state index is -0.345. The molecule has 7 heteroatoms. The summed E-state index contributed by atoms with van der Waals surface area (Å²) in [6.45, 7) is 0.327. The lowest BCUT2D eigenvalue weighted by atomic mass is 10.3. The largest absolute Gasteiger partial charge is 0.339 e. The van der Waals surface area contributed by atoms with Crippen molar-refractivity contribution in [3.05, 3.63) is 22.8 Å². The summed E-state index contributed by atoms with van der Waals surface area (Å²) in [7, 11) is 1.58. The molecule has 0 aliphatic heterocycles. The van der Waals surface area contributed by atoms with Crippen LogP contribution in [0.2, 0.25) is 5.02 Å². The molecule has 1 aromatic heterocycles. The fourth-order valence-corrected chi connectivity index (χ4v) is 1.36. The van der Waals surface area contributed by atoms with Crippen molar-refractivity contribution in [3.8, 4) is 6.07 Å². The molecular weight excluding hydrogens is 242 g/mol. The lowest BCUT2D eigenvalue weighted by molar-refractivity contribution is 0.0792. The summed E-state index contributed by atoms with van der Waals surface area (Å²) in [4.78, 5) is 17.3. The van der Waals surface area contributed by atoms with Crippen LogP contribution < -0.4 is 11.3 Å². The number of anilines is 1. The number of hydrogen-bond acceptors (Lipinski definition) is 5. The van der Waals surface area contributed by atoms with Crippen molar-refractivity contribution in [2.45, 2.75) is 6.42 Å². The van der Waals surface area contributed by atoms with Gasteiger partial charge in [-0.25, -0.2) is 10.8 Å². The Morgan fingerprint density at radius 3 is 3.00 bits per heavy atom. The maximum absolute atomic E-state index is 11.9. The third kappa shape index (κ3) is 3.31. The first-order valence-corrected chi connectivity index (χ1v) is 5.23. The van der Waals surface area contributed by atoms with Gasteiger partial charge in [-0.2, -0.15) is 5.26 Å². The van der Waals surface area contributed by atoms with E-state index in [4.69, 9.17) is 22.7 Å². The number of nitrogens with two attached hydrogens (primary N) is 1. The fourth-order valence-electron chi connectivity index (χ4n) is 1.17. The van der Waals surface area contributed by atoms with E-state index in [2.05, 4.69) is 10.4 Å². The summed E-state index contributed by atoms with van der Waals surface area (Å²) < 4.78 is 0. The summed E-state index contributed by atoms with van der Waals surface area (Å²) in [6, 6.07) is 5.06. The average molecular weight is 254 g/mol. The molecule has 90 valence electrons. The van der Waals surface area contributed by atoms with Crippen molar-refractivity contribution < 1.29 is 4.79 Å². The molecule has 0 saturated carbocycles. The molecule has 17 heavy (non-hydrogen) atoms. The minimum Gasteiger partial charge on any atom is -0.339 e. The molecule has 1 rings (SSSR count). The molecule has 0 saturated heterocycles. The van der Waals surface area contributed by atoms with Gasteiger partial charge in [-0.05, 0) is 12.1 Å². The van der Waals surface area contributed by atoms with Gasteiger partial charge >= 0.3 is 0 Å². The van der Waals surface area contributed by atoms with E-state index in [1.165, 1.54) is 11.0 Å². The van der Waals surface area contributed by atoms with Crippen LogP contribution in [0.25, 0.3) is 0 Å². The van der Waals surface area contributed by atoms with Gasteiger partial charge in [0, 0.05) is 13.6 Å². The van der Waals surface area contributed by atoms with Crippen molar-refractivity contribution in [2.24, 2.45) is 5.84 Å². The van der Waals surface area contributed by atoms with Crippen LogP contribution in [-0.2, 0) is 0 Å². The molecule has 3 N–H and O–H groups in total. The van der Waals surface area contributed by atoms with E-state index in [1.807, 2.05) is 6.07 Å². The molecule has 0 atom stereocenters. The van der Waals surface area contributed by atoms with Crippen LogP contribution in [-0.4, -0.2) is 29.4 Å². The quantitative estimate of drug-likeness (QED) is 0.617. The first kappa shape index (κ1) is 13.2. The number of carbonyl (C=O) groups is 1. The number of aromatic nitrogens is 1. The number of nitriles is 1. The maximum Gasteiger partial charge on any atom is 0.273 e. The molecular formula is C10H12ClN5O. The zero-order chi connectivity index (χ0) is 12.8. The molecule has 1 heterocycles. The lowest BCUT2D eigenvalue weighted by Crippen LogP contribution is -2.29. The number of amides is 1. The maximum atomic E-state index is 11.9. The zero-order valence-corrected chi connectivity index (χ0v) is 10.0. The molecule has 1 aromatic rings. The van der Waals surface area contributed by atoms with Gasteiger partial charge in [0.2, 0.25) is 0 Å². The number of hydrazine groups is 1. The molecule has 0 radical (unpaired) electrons. The number of halogens is 1. The van der Waals surface area contributed by atoms with E-state index in [-0.39, 0.29) is 23.0 Å².